The molecule has 2 aromatic rings. The Balaban J connectivity index is 1.89. The van der Waals surface area contributed by atoms with E-state index in [1.807, 2.05) is 12.1 Å². The molecule has 0 amide bonds. The van der Waals surface area contributed by atoms with Crippen molar-refractivity contribution in [3.8, 4) is 0 Å². The Labute approximate surface area is 117 Å². The molecule has 1 atom stereocenters. The summed E-state index contributed by atoms with van der Waals surface area (Å²) in [7, 11) is 0. The van der Waals surface area contributed by atoms with Crippen LogP contribution in [0.1, 0.15) is 39.1 Å². The van der Waals surface area contributed by atoms with Crippen LogP contribution in [0.25, 0.3) is 0 Å². The van der Waals surface area contributed by atoms with Crippen LogP contribution in [-0.4, -0.2) is 10.1 Å². The molecule has 1 unspecified atom stereocenters. The summed E-state index contributed by atoms with van der Waals surface area (Å²) in [4.78, 5) is 3.56. The highest BCUT2D eigenvalue weighted by Crippen LogP contribution is 2.36. The molecular weight excluding hydrogens is 287 g/mol. The lowest BCUT2D eigenvalue weighted by molar-refractivity contribution is -0.137. The first kappa shape index (κ1) is 13.6. The third-order valence-electron chi connectivity index (χ3n) is 3.47. The molecule has 1 heterocycles. The first-order valence-electron chi connectivity index (χ1n) is 6.28. The van der Waals surface area contributed by atoms with E-state index in [9.17, 15) is 18.3 Å². The van der Waals surface area contributed by atoms with Crippen molar-refractivity contribution in [2.24, 2.45) is 0 Å². The summed E-state index contributed by atoms with van der Waals surface area (Å²) in [5, 5.41) is 9.28. The Hall–Kier alpha value is -1.40. The zero-order valence-corrected chi connectivity index (χ0v) is 11.3. The van der Waals surface area contributed by atoms with E-state index >= 15 is 0 Å². The van der Waals surface area contributed by atoms with Gasteiger partial charge in [0.1, 0.15) is 6.10 Å². The molecule has 2 nitrogen and oxygen atoms in total. The van der Waals surface area contributed by atoms with Crippen LogP contribution in [0, 0.1) is 0 Å². The summed E-state index contributed by atoms with van der Waals surface area (Å²) in [6.45, 7) is 0. The zero-order valence-electron chi connectivity index (χ0n) is 10.4. The van der Waals surface area contributed by atoms with E-state index < -0.39 is 17.3 Å². The average molecular weight is 299 g/mol. The van der Waals surface area contributed by atoms with Crippen molar-refractivity contribution in [1.82, 2.24) is 4.98 Å². The van der Waals surface area contributed by atoms with Crippen LogP contribution >= 0.6 is 11.3 Å². The van der Waals surface area contributed by atoms with Gasteiger partial charge in [0.25, 0.3) is 0 Å². The SMILES string of the molecule is OC(c1ccc2c(c1)CCC2)c1cnc(C(F)(F)F)s1. The van der Waals surface area contributed by atoms with Gasteiger partial charge in [-0.2, -0.15) is 13.2 Å². The van der Waals surface area contributed by atoms with Crippen LogP contribution in [0.5, 0.6) is 0 Å². The number of hydrogen-bond acceptors (Lipinski definition) is 3. The number of thiazole rings is 1. The van der Waals surface area contributed by atoms with Gasteiger partial charge in [0.2, 0.25) is 0 Å². The molecule has 3 rings (SSSR count). The molecule has 106 valence electrons. The third kappa shape index (κ3) is 2.45. The molecule has 1 aliphatic rings. The zero-order chi connectivity index (χ0) is 14.3. The summed E-state index contributed by atoms with van der Waals surface area (Å²) in [5.74, 6) is 0. The van der Waals surface area contributed by atoms with Gasteiger partial charge in [0.05, 0.1) is 4.88 Å². The fourth-order valence-corrected chi connectivity index (χ4v) is 3.27. The monoisotopic (exact) mass is 299 g/mol. The molecule has 0 radical (unpaired) electrons. The van der Waals surface area contributed by atoms with Crippen LogP contribution in [-0.2, 0) is 19.0 Å². The number of rotatable bonds is 2. The fourth-order valence-electron chi connectivity index (χ4n) is 2.47. The topological polar surface area (TPSA) is 33.1 Å². The minimum atomic E-state index is -4.46. The molecule has 0 saturated carbocycles. The number of aromatic nitrogens is 1. The van der Waals surface area contributed by atoms with Gasteiger partial charge in [-0.3, -0.25) is 0 Å². The summed E-state index contributed by atoms with van der Waals surface area (Å²) in [5.41, 5.74) is 3.08. The highest BCUT2D eigenvalue weighted by Gasteiger charge is 2.35. The first-order chi connectivity index (χ1) is 9.45. The molecule has 1 N–H and O–H groups in total. The van der Waals surface area contributed by atoms with Crippen LogP contribution in [0.2, 0.25) is 0 Å². The normalized spacial score (nSPS) is 16.2. The lowest BCUT2D eigenvalue weighted by Gasteiger charge is -2.10. The van der Waals surface area contributed by atoms with Crippen LogP contribution in [0.15, 0.2) is 24.4 Å². The van der Waals surface area contributed by atoms with Crippen LogP contribution < -0.4 is 0 Å². The van der Waals surface area contributed by atoms with E-state index in [1.165, 1.54) is 11.1 Å². The molecule has 1 aromatic heterocycles. The second kappa shape index (κ2) is 4.86. The quantitative estimate of drug-likeness (QED) is 0.916. The van der Waals surface area contributed by atoms with Gasteiger partial charge in [-0.05, 0) is 36.0 Å². The van der Waals surface area contributed by atoms with E-state index in [0.29, 0.717) is 16.9 Å². The number of fused-ring (bicyclic) bond motifs is 1. The first-order valence-corrected chi connectivity index (χ1v) is 7.09. The van der Waals surface area contributed by atoms with Crippen molar-refractivity contribution < 1.29 is 18.3 Å². The van der Waals surface area contributed by atoms with E-state index in [-0.39, 0.29) is 4.88 Å². The molecule has 0 aliphatic heterocycles. The molecule has 0 spiro atoms. The van der Waals surface area contributed by atoms with Crippen molar-refractivity contribution in [1.29, 1.82) is 0 Å². The smallest absolute Gasteiger partial charge is 0.383 e. The Bertz CT molecular complexity index is 636. The van der Waals surface area contributed by atoms with Gasteiger partial charge in [0, 0.05) is 6.20 Å². The van der Waals surface area contributed by atoms with E-state index in [2.05, 4.69) is 4.98 Å². The minimum Gasteiger partial charge on any atom is -0.383 e. The van der Waals surface area contributed by atoms with Gasteiger partial charge in [-0.1, -0.05) is 18.2 Å². The molecule has 0 bridgehead atoms. The fraction of sp³-hybridized carbons (Fsp3) is 0.357. The lowest BCUT2D eigenvalue weighted by atomic mass is 10.0. The van der Waals surface area contributed by atoms with Crippen LogP contribution in [0.3, 0.4) is 0 Å². The summed E-state index contributed by atoms with van der Waals surface area (Å²) in [6, 6.07) is 5.62. The highest BCUT2D eigenvalue weighted by atomic mass is 32.1. The van der Waals surface area contributed by atoms with Crippen LogP contribution in [0.4, 0.5) is 13.2 Å². The Morgan fingerprint density at radius 3 is 2.65 bits per heavy atom. The molecular formula is C14H12F3NOS. The molecule has 1 aromatic carbocycles. The predicted octanol–water partition coefficient (Wildman–Crippen LogP) is 3.73. The molecule has 6 heteroatoms. The molecule has 1 aliphatic carbocycles. The van der Waals surface area contributed by atoms with Crippen molar-refractivity contribution in [3.05, 3.63) is 51.0 Å². The van der Waals surface area contributed by atoms with Gasteiger partial charge in [-0.15, -0.1) is 11.3 Å². The summed E-state index contributed by atoms with van der Waals surface area (Å²) >= 11 is 0.490. The summed E-state index contributed by atoms with van der Waals surface area (Å²) in [6.07, 6.45) is -1.31. The lowest BCUT2D eigenvalue weighted by Crippen LogP contribution is -2.03. The van der Waals surface area contributed by atoms with E-state index in [0.717, 1.165) is 25.5 Å². The molecule has 0 saturated heterocycles. The van der Waals surface area contributed by atoms with Crippen molar-refractivity contribution in [2.45, 2.75) is 31.5 Å². The van der Waals surface area contributed by atoms with Gasteiger partial charge >= 0.3 is 6.18 Å². The standard InChI is InChI=1S/C14H12F3NOS/c15-14(16,17)13-18-7-11(20-13)12(19)10-5-4-8-2-1-3-9(8)6-10/h4-7,12,19H,1-3H2. The number of aliphatic hydroxyl groups excluding tert-OH is 1. The number of alkyl halides is 3. The minimum absolute atomic E-state index is 0.218. The maximum atomic E-state index is 12.5. The van der Waals surface area contributed by atoms with E-state index in [1.54, 1.807) is 6.07 Å². The Morgan fingerprint density at radius 1 is 1.20 bits per heavy atom. The number of nitrogens with zero attached hydrogens (tertiary/aromatic N) is 1. The van der Waals surface area contributed by atoms with Crippen molar-refractivity contribution in [3.63, 3.8) is 0 Å². The van der Waals surface area contributed by atoms with E-state index in [4.69, 9.17) is 0 Å². The van der Waals surface area contributed by atoms with Crippen molar-refractivity contribution in [2.75, 3.05) is 0 Å². The van der Waals surface area contributed by atoms with Gasteiger partial charge in [-0.25, -0.2) is 4.98 Å². The third-order valence-corrected chi connectivity index (χ3v) is 4.57. The molecule has 20 heavy (non-hydrogen) atoms. The maximum absolute atomic E-state index is 12.5. The van der Waals surface area contributed by atoms with Gasteiger partial charge < -0.3 is 5.11 Å². The average Bonchev–Trinajstić information content (AvgIpc) is 3.05. The second-order valence-electron chi connectivity index (χ2n) is 4.85. The van der Waals surface area contributed by atoms with Gasteiger partial charge in [0.15, 0.2) is 5.01 Å². The summed E-state index contributed by atoms with van der Waals surface area (Å²) < 4.78 is 37.5. The number of aliphatic hydroxyl groups is 1. The Kier molecular flexibility index (Phi) is 3.30. The Morgan fingerprint density at radius 2 is 1.95 bits per heavy atom. The number of hydrogen-bond donors (Lipinski definition) is 1. The largest absolute Gasteiger partial charge is 0.443 e. The second-order valence-corrected chi connectivity index (χ2v) is 5.91. The number of halogens is 3. The highest BCUT2D eigenvalue weighted by molar-refractivity contribution is 7.11. The number of benzene rings is 1. The maximum Gasteiger partial charge on any atom is 0.443 e. The molecule has 0 fully saturated rings. The predicted molar refractivity (Wildman–Crippen MR) is 69.6 cm³/mol. The van der Waals surface area contributed by atoms with Crippen molar-refractivity contribution >= 4 is 11.3 Å². The number of aryl methyl sites for hydroxylation is 2.